The van der Waals surface area contributed by atoms with Crippen molar-refractivity contribution in [3.63, 3.8) is 0 Å². The lowest BCUT2D eigenvalue weighted by Crippen LogP contribution is -2.11. The van der Waals surface area contributed by atoms with Gasteiger partial charge >= 0.3 is 0 Å². The first kappa shape index (κ1) is 7.56. The van der Waals surface area contributed by atoms with Gasteiger partial charge in [0.2, 0.25) is 0 Å². The van der Waals surface area contributed by atoms with Crippen LogP contribution in [0.2, 0.25) is 0 Å². The minimum Gasteiger partial charge on any atom is -0.409 e. The topological polar surface area (TPSA) is 58.6 Å². The minimum atomic E-state index is 0.141. The lowest BCUT2D eigenvalue weighted by molar-refractivity contribution is 0.318. The molecule has 10 heavy (non-hydrogen) atoms. The van der Waals surface area contributed by atoms with E-state index in [9.17, 15) is 0 Å². The average Bonchev–Trinajstić information content (AvgIpc) is 2.34. The van der Waals surface area contributed by atoms with Crippen LogP contribution in [-0.4, -0.2) is 11.0 Å². The monoisotopic (exact) mass is 220 g/mol. The van der Waals surface area contributed by atoms with E-state index >= 15 is 0 Å². The molecule has 54 valence electrons. The molecule has 0 aromatic carbocycles. The number of nitrogens with two attached hydrogens (primary N) is 1. The number of amidine groups is 1. The summed E-state index contributed by atoms with van der Waals surface area (Å²) in [5.74, 6) is 0.141. The Bertz CT molecular complexity index is 258. The molecule has 0 aliphatic carbocycles. The fourth-order valence-electron chi connectivity index (χ4n) is 0.502. The molecule has 1 rings (SSSR count). The van der Waals surface area contributed by atoms with Crippen molar-refractivity contribution in [1.29, 1.82) is 0 Å². The average molecular weight is 221 g/mol. The first-order chi connectivity index (χ1) is 4.74. The van der Waals surface area contributed by atoms with E-state index in [1.807, 2.05) is 0 Å². The van der Waals surface area contributed by atoms with E-state index in [-0.39, 0.29) is 5.84 Å². The normalized spacial score (nSPS) is 11.9. The third-order valence-electron chi connectivity index (χ3n) is 0.971. The van der Waals surface area contributed by atoms with E-state index in [1.165, 1.54) is 11.3 Å². The maximum Gasteiger partial charge on any atom is 0.170 e. The molecule has 1 aromatic heterocycles. The molecule has 5 heteroatoms. The molecule has 0 saturated heterocycles. The molecule has 0 unspecified atom stereocenters. The van der Waals surface area contributed by atoms with Crippen molar-refractivity contribution < 1.29 is 5.21 Å². The second-order valence-electron chi connectivity index (χ2n) is 1.62. The Balaban J connectivity index is 2.95. The van der Waals surface area contributed by atoms with Crippen LogP contribution >= 0.6 is 27.3 Å². The highest BCUT2D eigenvalue weighted by Crippen LogP contribution is 2.20. The van der Waals surface area contributed by atoms with Gasteiger partial charge in [-0.05, 0) is 22.0 Å². The lowest BCUT2D eigenvalue weighted by atomic mass is 10.3. The fraction of sp³-hybridized carbons (Fsp3) is 0. The first-order valence-electron chi connectivity index (χ1n) is 2.46. The van der Waals surface area contributed by atoms with Gasteiger partial charge in [-0.3, -0.25) is 0 Å². The molecule has 3 N–H and O–H groups in total. The zero-order chi connectivity index (χ0) is 7.56. The van der Waals surface area contributed by atoms with Gasteiger partial charge in [0, 0.05) is 10.9 Å². The summed E-state index contributed by atoms with van der Waals surface area (Å²) in [5.41, 5.74) is 6.03. The zero-order valence-electron chi connectivity index (χ0n) is 4.91. The summed E-state index contributed by atoms with van der Waals surface area (Å²) in [5, 5.41) is 12.9. The number of oxime groups is 1. The second kappa shape index (κ2) is 3.03. The van der Waals surface area contributed by atoms with Crippen molar-refractivity contribution in [2.45, 2.75) is 0 Å². The summed E-state index contributed by atoms with van der Waals surface area (Å²) in [6.45, 7) is 0. The zero-order valence-corrected chi connectivity index (χ0v) is 7.32. The molecule has 0 bridgehead atoms. The van der Waals surface area contributed by atoms with Gasteiger partial charge in [0.1, 0.15) is 0 Å². The Kier molecular flexibility index (Phi) is 2.29. The highest BCUT2D eigenvalue weighted by Gasteiger charge is 2.00. The Hall–Kier alpha value is -0.550. The van der Waals surface area contributed by atoms with Gasteiger partial charge in [-0.15, -0.1) is 11.3 Å². The van der Waals surface area contributed by atoms with Crippen LogP contribution in [0.1, 0.15) is 5.56 Å². The predicted molar refractivity (Wildman–Crippen MR) is 44.5 cm³/mol. The molecular weight excluding hydrogens is 216 g/mol. The van der Waals surface area contributed by atoms with Crippen molar-refractivity contribution in [1.82, 2.24) is 0 Å². The van der Waals surface area contributed by atoms with Crippen molar-refractivity contribution >= 4 is 33.1 Å². The highest BCUT2D eigenvalue weighted by molar-refractivity contribution is 9.11. The summed E-state index contributed by atoms with van der Waals surface area (Å²) in [6, 6.07) is 1.79. The van der Waals surface area contributed by atoms with Crippen molar-refractivity contribution in [2.24, 2.45) is 10.9 Å². The van der Waals surface area contributed by atoms with Gasteiger partial charge in [0.05, 0.1) is 3.79 Å². The summed E-state index contributed by atoms with van der Waals surface area (Å²) in [7, 11) is 0. The van der Waals surface area contributed by atoms with Gasteiger partial charge in [0.15, 0.2) is 5.84 Å². The third kappa shape index (κ3) is 1.48. The van der Waals surface area contributed by atoms with Crippen LogP contribution in [0.3, 0.4) is 0 Å². The van der Waals surface area contributed by atoms with Crippen LogP contribution in [0, 0.1) is 0 Å². The Morgan fingerprint density at radius 2 is 2.50 bits per heavy atom. The van der Waals surface area contributed by atoms with Crippen LogP contribution in [-0.2, 0) is 0 Å². The fourth-order valence-corrected chi connectivity index (χ4v) is 1.65. The molecule has 0 amide bonds. The van der Waals surface area contributed by atoms with Crippen molar-refractivity contribution in [2.75, 3.05) is 0 Å². The Labute approximate surface area is 70.3 Å². The molecule has 0 atom stereocenters. The molecule has 0 fully saturated rings. The summed E-state index contributed by atoms with van der Waals surface area (Å²) < 4.78 is 0.967. The van der Waals surface area contributed by atoms with Crippen LogP contribution in [0.5, 0.6) is 0 Å². The number of thiophene rings is 1. The van der Waals surface area contributed by atoms with E-state index in [0.29, 0.717) is 0 Å². The van der Waals surface area contributed by atoms with Gasteiger partial charge in [-0.1, -0.05) is 5.16 Å². The van der Waals surface area contributed by atoms with Crippen molar-refractivity contribution in [3.8, 4) is 0 Å². The number of hydrogen-bond donors (Lipinski definition) is 2. The van der Waals surface area contributed by atoms with Crippen LogP contribution in [0.15, 0.2) is 20.4 Å². The van der Waals surface area contributed by atoms with Crippen molar-refractivity contribution in [3.05, 3.63) is 20.8 Å². The van der Waals surface area contributed by atoms with Crippen LogP contribution < -0.4 is 5.73 Å². The maximum atomic E-state index is 8.25. The van der Waals surface area contributed by atoms with E-state index in [1.54, 1.807) is 11.4 Å². The van der Waals surface area contributed by atoms with E-state index in [4.69, 9.17) is 10.9 Å². The largest absolute Gasteiger partial charge is 0.409 e. The van der Waals surface area contributed by atoms with E-state index in [2.05, 4.69) is 21.1 Å². The maximum absolute atomic E-state index is 8.25. The molecular formula is C5H5BrN2OS. The van der Waals surface area contributed by atoms with Gasteiger partial charge in [-0.2, -0.15) is 0 Å². The predicted octanol–water partition coefficient (Wildman–Crippen LogP) is 1.61. The van der Waals surface area contributed by atoms with E-state index < -0.39 is 0 Å². The number of rotatable bonds is 1. The number of hydrogen-bond acceptors (Lipinski definition) is 3. The SMILES string of the molecule is N/C(=N\O)c1csc(Br)c1. The van der Waals surface area contributed by atoms with Gasteiger partial charge < -0.3 is 10.9 Å². The molecule has 0 radical (unpaired) electrons. The molecule has 0 spiro atoms. The number of halogens is 1. The smallest absolute Gasteiger partial charge is 0.170 e. The summed E-state index contributed by atoms with van der Waals surface area (Å²) in [6.07, 6.45) is 0. The molecule has 3 nitrogen and oxygen atoms in total. The third-order valence-corrected chi connectivity index (χ3v) is 2.48. The molecule has 0 saturated carbocycles. The molecule has 1 aromatic rings. The number of nitrogens with zero attached hydrogens (tertiary/aromatic N) is 1. The highest BCUT2D eigenvalue weighted by atomic mass is 79.9. The molecule has 0 aliphatic rings. The quantitative estimate of drug-likeness (QED) is 0.327. The molecule has 0 aliphatic heterocycles. The second-order valence-corrected chi connectivity index (χ2v) is 3.92. The van der Waals surface area contributed by atoms with Gasteiger partial charge in [0.25, 0.3) is 0 Å². The summed E-state index contributed by atoms with van der Waals surface area (Å²) in [4.78, 5) is 0. The Morgan fingerprint density at radius 1 is 1.80 bits per heavy atom. The lowest BCUT2D eigenvalue weighted by Gasteiger charge is -1.88. The summed E-state index contributed by atoms with van der Waals surface area (Å²) >= 11 is 4.75. The molecule has 1 heterocycles. The van der Waals surface area contributed by atoms with E-state index in [0.717, 1.165) is 9.35 Å². The Morgan fingerprint density at radius 3 is 2.90 bits per heavy atom. The van der Waals surface area contributed by atoms with Crippen LogP contribution in [0.4, 0.5) is 0 Å². The standard InChI is InChI=1S/C5H5BrN2OS/c6-4-1-3(2-10-4)5(7)8-9/h1-2,9H,(H2,7,8). The first-order valence-corrected chi connectivity index (χ1v) is 4.13. The minimum absolute atomic E-state index is 0.141. The van der Waals surface area contributed by atoms with Crippen LogP contribution in [0.25, 0.3) is 0 Å². The van der Waals surface area contributed by atoms with Gasteiger partial charge in [-0.25, -0.2) is 0 Å².